The number of carbonyl (C=O) groups is 1. The number of para-hydroxylation sites is 1. The molecule has 1 aliphatic heterocycles. The molecule has 0 saturated heterocycles. The van der Waals surface area contributed by atoms with Gasteiger partial charge in [0, 0.05) is 12.1 Å². The predicted molar refractivity (Wildman–Crippen MR) is 88.7 cm³/mol. The first-order chi connectivity index (χ1) is 11.1. The Hall–Kier alpha value is -2.49. The van der Waals surface area contributed by atoms with Gasteiger partial charge in [-0.15, -0.1) is 0 Å². The molecule has 1 aliphatic rings. The van der Waals surface area contributed by atoms with Crippen LogP contribution in [-0.4, -0.2) is 24.2 Å². The van der Waals surface area contributed by atoms with Crippen LogP contribution in [0.5, 0.6) is 11.5 Å². The molecule has 1 heterocycles. The molecule has 2 aromatic rings. The van der Waals surface area contributed by atoms with Crippen LogP contribution in [0.2, 0.25) is 0 Å². The number of rotatable bonds is 4. The van der Waals surface area contributed by atoms with Crippen molar-refractivity contribution in [2.75, 3.05) is 13.2 Å². The molecule has 0 bridgehead atoms. The number of fused-ring (bicyclic) bond motifs is 1. The molecule has 3 rings (SSSR count). The Bertz CT molecular complexity index is 696. The number of ether oxygens (including phenoxy) is 1. The normalized spacial score (nSPS) is 19.5. The zero-order chi connectivity index (χ0) is 16.3. The van der Waals surface area contributed by atoms with E-state index in [-0.39, 0.29) is 11.7 Å². The lowest BCUT2D eigenvalue weighted by Crippen LogP contribution is -2.45. The van der Waals surface area contributed by atoms with Gasteiger partial charge in [-0.05, 0) is 43.5 Å². The van der Waals surface area contributed by atoms with Crippen LogP contribution in [0.3, 0.4) is 0 Å². The summed E-state index contributed by atoms with van der Waals surface area (Å²) in [6.45, 7) is 3.10. The second-order valence-corrected chi connectivity index (χ2v) is 6.10. The van der Waals surface area contributed by atoms with Crippen molar-refractivity contribution in [3.05, 3.63) is 59.7 Å². The van der Waals surface area contributed by atoms with Crippen LogP contribution in [0.15, 0.2) is 48.5 Å². The highest BCUT2D eigenvalue weighted by molar-refractivity contribution is 5.88. The monoisotopic (exact) mass is 311 g/mol. The van der Waals surface area contributed by atoms with E-state index < -0.39 is 5.41 Å². The quantitative estimate of drug-likeness (QED) is 0.913. The van der Waals surface area contributed by atoms with Crippen LogP contribution in [0.25, 0.3) is 0 Å². The van der Waals surface area contributed by atoms with Gasteiger partial charge in [0.25, 0.3) is 0 Å². The lowest BCUT2D eigenvalue weighted by atomic mass is 9.77. The largest absolute Gasteiger partial charge is 0.508 e. The Labute approximate surface area is 136 Å². The summed E-state index contributed by atoms with van der Waals surface area (Å²) in [5.74, 6) is 1.09. The number of carbonyl (C=O) groups excluding carboxylic acids is 1. The topological polar surface area (TPSA) is 58.6 Å². The third-order valence-electron chi connectivity index (χ3n) is 4.48. The highest BCUT2D eigenvalue weighted by atomic mass is 16.5. The summed E-state index contributed by atoms with van der Waals surface area (Å²) in [4.78, 5) is 12.7. The third-order valence-corrected chi connectivity index (χ3v) is 4.48. The van der Waals surface area contributed by atoms with Gasteiger partial charge in [0.05, 0.1) is 12.0 Å². The number of hydrogen-bond acceptors (Lipinski definition) is 3. The number of phenols is 1. The fourth-order valence-electron chi connectivity index (χ4n) is 2.96. The van der Waals surface area contributed by atoms with Gasteiger partial charge in [-0.2, -0.15) is 0 Å². The number of aromatic hydroxyl groups is 1. The average molecular weight is 311 g/mol. The molecule has 0 aromatic heterocycles. The molecule has 1 atom stereocenters. The van der Waals surface area contributed by atoms with Gasteiger partial charge in [0.2, 0.25) is 5.91 Å². The van der Waals surface area contributed by atoms with Gasteiger partial charge in [-0.1, -0.05) is 30.3 Å². The fraction of sp³-hybridized carbons (Fsp3) is 0.316. The van der Waals surface area contributed by atoms with E-state index in [4.69, 9.17) is 4.74 Å². The molecular formula is C19H21NO3. The SMILES string of the molecule is CC1(C(=O)NCCc2ccc(O)cc2)CCOc2ccccc21. The van der Waals surface area contributed by atoms with Gasteiger partial charge < -0.3 is 15.2 Å². The molecule has 1 unspecified atom stereocenters. The Morgan fingerprint density at radius 1 is 1.22 bits per heavy atom. The zero-order valence-electron chi connectivity index (χ0n) is 13.2. The van der Waals surface area contributed by atoms with E-state index in [9.17, 15) is 9.90 Å². The lowest BCUT2D eigenvalue weighted by molar-refractivity contribution is -0.127. The van der Waals surface area contributed by atoms with E-state index in [1.165, 1.54) is 0 Å². The van der Waals surface area contributed by atoms with Gasteiger partial charge in [0.1, 0.15) is 11.5 Å². The fourth-order valence-corrected chi connectivity index (χ4v) is 2.96. The molecule has 4 heteroatoms. The summed E-state index contributed by atoms with van der Waals surface area (Å²) < 4.78 is 5.65. The van der Waals surface area contributed by atoms with Crippen molar-refractivity contribution in [1.29, 1.82) is 0 Å². The zero-order valence-corrected chi connectivity index (χ0v) is 13.2. The third kappa shape index (κ3) is 3.16. The van der Waals surface area contributed by atoms with Gasteiger partial charge in [-0.25, -0.2) is 0 Å². The Morgan fingerprint density at radius 2 is 1.96 bits per heavy atom. The first-order valence-electron chi connectivity index (χ1n) is 7.88. The molecule has 120 valence electrons. The number of benzene rings is 2. The summed E-state index contributed by atoms with van der Waals surface area (Å²) in [7, 11) is 0. The summed E-state index contributed by atoms with van der Waals surface area (Å²) in [6.07, 6.45) is 1.41. The molecule has 0 fully saturated rings. The van der Waals surface area contributed by atoms with Crippen molar-refractivity contribution in [3.63, 3.8) is 0 Å². The molecule has 4 nitrogen and oxygen atoms in total. The standard InChI is InChI=1S/C19H21NO3/c1-19(11-13-23-17-5-3-2-4-16(17)19)18(22)20-12-10-14-6-8-15(21)9-7-14/h2-9,21H,10-13H2,1H3,(H,20,22). The van der Waals surface area contributed by atoms with Crippen LogP contribution < -0.4 is 10.1 Å². The second kappa shape index (κ2) is 6.32. The van der Waals surface area contributed by atoms with E-state index >= 15 is 0 Å². The number of hydrogen-bond donors (Lipinski definition) is 2. The maximum Gasteiger partial charge on any atom is 0.230 e. The molecular weight excluding hydrogens is 290 g/mol. The molecule has 0 radical (unpaired) electrons. The summed E-state index contributed by atoms with van der Waals surface area (Å²) in [5, 5.41) is 12.3. The molecule has 1 amide bonds. The highest BCUT2D eigenvalue weighted by Gasteiger charge is 2.39. The van der Waals surface area contributed by atoms with E-state index in [2.05, 4.69) is 5.32 Å². The van der Waals surface area contributed by atoms with Crippen molar-refractivity contribution >= 4 is 5.91 Å². The van der Waals surface area contributed by atoms with Crippen LogP contribution in [-0.2, 0) is 16.6 Å². The number of phenolic OH excluding ortho intramolecular Hbond substituents is 1. The maximum atomic E-state index is 12.7. The Morgan fingerprint density at radius 3 is 2.74 bits per heavy atom. The van der Waals surface area contributed by atoms with E-state index in [1.807, 2.05) is 43.3 Å². The van der Waals surface area contributed by atoms with Crippen LogP contribution in [0.1, 0.15) is 24.5 Å². The molecule has 0 saturated carbocycles. The second-order valence-electron chi connectivity index (χ2n) is 6.10. The first-order valence-corrected chi connectivity index (χ1v) is 7.88. The van der Waals surface area contributed by atoms with Crippen molar-refractivity contribution in [2.45, 2.75) is 25.2 Å². The molecule has 0 spiro atoms. The van der Waals surface area contributed by atoms with Crippen molar-refractivity contribution in [1.82, 2.24) is 5.32 Å². The predicted octanol–water partition coefficient (Wildman–Crippen LogP) is 2.79. The Kier molecular flexibility index (Phi) is 4.24. The first kappa shape index (κ1) is 15.4. The van der Waals surface area contributed by atoms with Gasteiger partial charge in [-0.3, -0.25) is 4.79 Å². The molecule has 23 heavy (non-hydrogen) atoms. The molecule has 0 aliphatic carbocycles. The van der Waals surface area contributed by atoms with Crippen molar-refractivity contribution in [3.8, 4) is 11.5 Å². The van der Waals surface area contributed by atoms with Crippen LogP contribution in [0.4, 0.5) is 0 Å². The number of amides is 1. The van der Waals surface area contributed by atoms with Crippen LogP contribution in [0, 0.1) is 0 Å². The minimum Gasteiger partial charge on any atom is -0.508 e. The summed E-state index contributed by atoms with van der Waals surface area (Å²) in [6, 6.07) is 14.8. The summed E-state index contributed by atoms with van der Waals surface area (Å²) in [5.41, 5.74) is 1.48. The average Bonchev–Trinajstić information content (AvgIpc) is 2.57. The van der Waals surface area contributed by atoms with E-state index in [0.29, 0.717) is 19.6 Å². The molecule has 2 N–H and O–H groups in total. The lowest BCUT2D eigenvalue weighted by Gasteiger charge is -2.34. The molecule has 2 aromatic carbocycles. The van der Waals surface area contributed by atoms with Gasteiger partial charge in [0.15, 0.2) is 0 Å². The van der Waals surface area contributed by atoms with Crippen LogP contribution >= 0.6 is 0 Å². The highest BCUT2D eigenvalue weighted by Crippen LogP contribution is 2.38. The van der Waals surface area contributed by atoms with Crippen molar-refractivity contribution < 1.29 is 14.6 Å². The maximum absolute atomic E-state index is 12.7. The minimum absolute atomic E-state index is 0.0343. The smallest absolute Gasteiger partial charge is 0.230 e. The summed E-state index contributed by atoms with van der Waals surface area (Å²) >= 11 is 0. The Balaban J connectivity index is 1.65. The van der Waals surface area contributed by atoms with Gasteiger partial charge >= 0.3 is 0 Å². The number of nitrogens with one attached hydrogen (secondary N) is 1. The van der Waals surface area contributed by atoms with E-state index in [0.717, 1.165) is 23.3 Å². The van der Waals surface area contributed by atoms with Crippen molar-refractivity contribution in [2.24, 2.45) is 0 Å². The minimum atomic E-state index is -0.552. The van der Waals surface area contributed by atoms with E-state index in [1.54, 1.807) is 12.1 Å².